The number of hydrogen-bond donors (Lipinski definition) is 3. The molecule has 2 aromatic rings. The van der Waals surface area contributed by atoms with Crippen LogP contribution >= 0.6 is 11.3 Å². The Morgan fingerprint density at radius 1 is 1.27 bits per heavy atom. The first kappa shape index (κ1) is 18.1. The van der Waals surface area contributed by atoms with Crippen molar-refractivity contribution < 1.29 is 14.4 Å². The van der Waals surface area contributed by atoms with E-state index < -0.39 is 0 Å². The van der Waals surface area contributed by atoms with E-state index in [9.17, 15) is 14.4 Å². The first-order chi connectivity index (χ1) is 12.4. The number of carbonyl (C=O) groups is 3. The van der Waals surface area contributed by atoms with Gasteiger partial charge in [-0.15, -0.1) is 11.3 Å². The van der Waals surface area contributed by atoms with Gasteiger partial charge in [0, 0.05) is 17.5 Å². The summed E-state index contributed by atoms with van der Waals surface area (Å²) in [4.78, 5) is 36.3. The van der Waals surface area contributed by atoms with E-state index >= 15 is 0 Å². The van der Waals surface area contributed by atoms with Crippen molar-refractivity contribution in [2.75, 3.05) is 5.32 Å². The molecule has 1 aliphatic heterocycles. The van der Waals surface area contributed by atoms with Gasteiger partial charge in [0.25, 0.3) is 0 Å². The Labute approximate surface area is 156 Å². The van der Waals surface area contributed by atoms with Crippen molar-refractivity contribution in [1.82, 2.24) is 10.6 Å². The fraction of sp³-hybridized carbons (Fsp3) is 0.316. The Balaban J connectivity index is 1.64. The second kappa shape index (κ2) is 7.70. The molecule has 1 aromatic carbocycles. The SMILES string of the molecule is CC(=O)N[C@@H](CC(=O)N[C@@H](C)c1ccc2c(c1)CC(=O)N2)c1cccs1. The minimum Gasteiger partial charge on any atom is -0.350 e. The highest BCUT2D eigenvalue weighted by Gasteiger charge is 2.21. The third-order valence-corrected chi connectivity index (χ3v) is 5.27. The van der Waals surface area contributed by atoms with Crippen molar-refractivity contribution in [3.8, 4) is 0 Å². The molecule has 3 N–H and O–H groups in total. The van der Waals surface area contributed by atoms with Crippen LogP contribution in [-0.4, -0.2) is 17.7 Å². The zero-order valence-electron chi connectivity index (χ0n) is 14.7. The van der Waals surface area contributed by atoms with E-state index in [0.717, 1.165) is 21.7 Å². The van der Waals surface area contributed by atoms with Gasteiger partial charge in [0.1, 0.15) is 0 Å². The highest BCUT2D eigenvalue weighted by molar-refractivity contribution is 7.10. The molecule has 0 spiro atoms. The number of thiophene rings is 1. The Morgan fingerprint density at radius 2 is 2.08 bits per heavy atom. The molecule has 2 atom stereocenters. The summed E-state index contributed by atoms with van der Waals surface area (Å²) in [6.45, 7) is 3.35. The summed E-state index contributed by atoms with van der Waals surface area (Å²) < 4.78 is 0. The molecule has 0 radical (unpaired) electrons. The molecule has 0 saturated heterocycles. The van der Waals surface area contributed by atoms with Crippen molar-refractivity contribution >= 4 is 34.7 Å². The molecule has 0 bridgehead atoms. The van der Waals surface area contributed by atoms with Gasteiger partial charge in [-0.3, -0.25) is 14.4 Å². The van der Waals surface area contributed by atoms with Crippen LogP contribution < -0.4 is 16.0 Å². The molecule has 1 aliphatic rings. The predicted molar refractivity (Wildman–Crippen MR) is 101 cm³/mol. The Hall–Kier alpha value is -2.67. The topological polar surface area (TPSA) is 87.3 Å². The number of hydrogen-bond acceptors (Lipinski definition) is 4. The average Bonchev–Trinajstić information content (AvgIpc) is 3.21. The number of nitrogens with one attached hydrogen (secondary N) is 3. The predicted octanol–water partition coefficient (Wildman–Crippen LogP) is 2.69. The van der Waals surface area contributed by atoms with Gasteiger partial charge < -0.3 is 16.0 Å². The average molecular weight is 371 g/mol. The van der Waals surface area contributed by atoms with Crippen LogP contribution in [0.15, 0.2) is 35.7 Å². The fourth-order valence-corrected chi connectivity index (χ4v) is 3.82. The largest absolute Gasteiger partial charge is 0.350 e. The van der Waals surface area contributed by atoms with Crippen molar-refractivity contribution in [3.05, 3.63) is 51.7 Å². The monoisotopic (exact) mass is 371 g/mol. The summed E-state index contributed by atoms with van der Waals surface area (Å²) in [5, 5.41) is 10.5. The lowest BCUT2D eigenvalue weighted by molar-refractivity contribution is -0.123. The van der Waals surface area contributed by atoms with Gasteiger partial charge in [-0.05, 0) is 35.6 Å². The zero-order chi connectivity index (χ0) is 18.7. The molecule has 0 aliphatic carbocycles. The Bertz CT molecular complexity index is 833. The number of amides is 3. The lowest BCUT2D eigenvalue weighted by Gasteiger charge is -2.19. The van der Waals surface area contributed by atoms with Crippen LogP contribution in [0.4, 0.5) is 5.69 Å². The van der Waals surface area contributed by atoms with Crippen LogP contribution in [-0.2, 0) is 20.8 Å². The van der Waals surface area contributed by atoms with Crippen molar-refractivity contribution in [3.63, 3.8) is 0 Å². The molecule has 3 rings (SSSR count). The Morgan fingerprint density at radius 3 is 2.77 bits per heavy atom. The summed E-state index contributed by atoms with van der Waals surface area (Å²) in [5.74, 6) is -0.317. The lowest BCUT2D eigenvalue weighted by Crippen LogP contribution is -2.33. The normalized spacial score (nSPS) is 14.9. The number of anilines is 1. The molecule has 3 amide bonds. The second-order valence-corrected chi connectivity index (χ2v) is 7.38. The van der Waals surface area contributed by atoms with Crippen LogP contribution in [0.5, 0.6) is 0 Å². The van der Waals surface area contributed by atoms with Crippen molar-refractivity contribution in [2.24, 2.45) is 0 Å². The van der Waals surface area contributed by atoms with E-state index in [1.54, 1.807) is 0 Å². The molecule has 6 nitrogen and oxygen atoms in total. The molecule has 1 aromatic heterocycles. The maximum absolute atomic E-state index is 12.5. The van der Waals surface area contributed by atoms with E-state index in [1.165, 1.54) is 18.3 Å². The van der Waals surface area contributed by atoms with E-state index in [-0.39, 0.29) is 36.2 Å². The van der Waals surface area contributed by atoms with Gasteiger partial charge in [-0.2, -0.15) is 0 Å². The van der Waals surface area contributed by atoms with Crippen LogP contribution in [0.3, 0.4) is 0 Å². The second-order valence-electron chi connectivity index (χ2n) is 6.40. The third kappa shape index (κ3) is 4.29. The van der Waals surface area contributed by atoms with Crippen molar-refractivity contribution in [2.45, 2.75) is 38.8 Å². The molecular weight excluding hydrogens is 350 g/mol. The first-order valence-electron chi connectivity index (χ1n) is 8.45. The van der Waals surface area contributed by atoms with Crippen LogP contribution in [0.1, 0.15) is 48.4 Å². The van der Waals surface area contributed by atoms with Crippen LogP contribution in [0.25, 0.3) is 0 Å². The van der Waals surface area contributed by atoms with E-state index in [2.05, 4.69) is 16.0 Å². The molecule has 7 heteroatoms. The quantitative estimate of drug-likeness (QED) is 0.730. The van der Waals surface area contributed by atoms with E-state index in [4.69, 9.17) is 0 Å². The number of carbonyl (C=O) groups excluding carboxylic acids is 3. The van der Waals surface area contributed by atoms with Gasteiger partial charge in [0.2, 0.25) is 17.7 Å². The van der Waals surface area contributed by atoms with Gasteiger partial charge >= 0.3 is 0 Å². The summed E-state index contributed by atoms with van der Waals surface area (Å²) in [6.07, 6.45) is 0.544. The van der Waals surface area contributed by atoms with Gasteiger partial charge in [-0.1, -0.05) is 18.2 Å². The molecule has 26 heavy (non-hydrogen) atoms. The molecule has 0 fully saturated rings. The highest BCUT2D eigenvalue weighted by atomic mass is 32.1. The van der Waals surface area contributed by atoms with Crippen molar-refractivity contribution in [1.29, 1.82) is 0 Å². The minimum absolute atomic E-state index is 0.0112. The fourth-order valence-electron chi connectivity index (χ4n) is 3.05. The molecular formula is C19H21N3O3S. The minimum atomic E-state index is -0.332. The van der Waals surface area contributed by atoms with Crippen LogP contribution in [0, 0.1) is 0 Å². The van der Waals surface area contributed by atoms with E-state index in [0.29, 0.717) is 6.42 Å². The Kier molecular flexibility index (Phi) is 5.37. The van der Waals surface area contributed by atoms with E-state index in [1.807, 2.05) is 42.6 Å². The standard InChI is InChI=1S/C19H21N3O3S/c1-11(13-5-6-15-14(8-13)9-18(24)22-15)20-19(25)10-16(21-12(2)23)17-4-3-7-26-17/h3-8,11,16H,9-10H2,1-2H3,(H,20,25)(H,21,23)(H,22,24)/t11-,16-/m0/s1. The first-order valence-corrected chi connectivity index (χ1v) is 9.33. The summed E-state index contributed by atoms with van der Waals surface area (Å²) in [7, 11) is 0. The van der Waals surface area contributed by atoms with Gasteiger partial charge in [0.15, 0.2) is 0 Å². The maximum atomic E-state index is 12.5. The third-order valence-electron chi connectivity index (χ3n) is 4.29. The molecule has 136 valence electrons. The highest BCUT2D eigenvalue weighted by Crippen LogP contribution is 2.27. The molecule has 0 saturated carbocycles. The number of benzene rings is 1. The molecule has 2 heterocycles. The van der Waals surface area contributed by atoms with Gasteiger partial charge in [0.05, 0.1) is 24.9 Å². The summed E-state index contributed by atoms with van der Waals surface area (Å²) >= 11 is 1.51. The van der Waals surface area contributed by atoms with Gasteiger partial charge in [-0.25, -0.2) is 0 Å². The maximum Gasteiger partial charge on any atom is 0.228 e. The summed E-state index contributed by atoms with van der Waals surface area (Å²) in [6, 6.07) is 9.00. The zero-order valence-corrected chi connectivity index (χ0v) is 15.5. The molecule has 0 unspecified atom stereocenters. The summed E-state index contributed by atoms with van der Waals surface area (Å²) in [5.41, 5.74) is 2.73. The lowest BCUT2D eigenvalue weighted by atomic mass is 10.0. The van der Waals surface area contributed by atoms with Crippen LogP contribution in [0.2, 0.25) is 0 Å². The number of fused-ring (bicyclic) bond motifs is 1. The number of rotatable bonds is 6. The smallest absolute Gasteiger partial charge is 0.228 e.